The number of nitrogens with one attached hydrogen (secondary N) is 6. The normalized spacial score (nSPS) is 25.8. The van der Waals surface area contributed by atoms with E-state index in [1.807, 2.05) is 60.7 Å². The van der Waals surface area contributed by atoms with E-state index in [9.17, 15) is 38.4 Å². The van der Waals surface area contributed by atoms with Gasteiger partial charge in [-0.3, -0.25) is 38.4 Å². The van der Waals surface area contributed by atoms with Crippen LogP contribution in [0.4, 0.5) is 0 Å². The van der Waals surface area contributed by atoms with Crippen molar-refractivity contribution in [3.05, 3.63) is 71.8 Å². The number of carbonyl (C=O) groups excluding carboxylic acids is 8. The minimum atomic E-state index is -1.34. The van der Waals surface area contributed by atoms with Crippen molar-refractivity contribution in [2.45, 2.75) is 165 Å². The fourth-order valence-corrected chi connectivity index (χ4v) is 11.5. The first kappa shape index (κ1) is 52.3. The molecule has 0 spiro atoms. The Balaban J connectivity index is 0.919. The predicted molar refractivity (Wildman–Crippen MR) is 264 cm³/mol. The van der Waals surface area contributed by atoms with Crippen LogP contribution in [0.25, 0.3) is 0 Å². The average Bonchev–Trinajstić information content (AvgIpc) is 4.01. The van der Waals surface area contributed by atoms with Gasteiger partial charge < -0.3 is 41.7 Å². The van der Waals surface area contributed by atoms with Crippen LogP contribution in [-0.4, -0.2) is 129 Å². The zero-order valence-corrected chi connectivity index (χ0v) is 41.6. The molecule has 0 bridgehead atoms. The monoisotopic (exact) mass is 974 g/mol. The SMILES string of the molecule is CC1(C)NC(=O)[C@H](CCCCCSSCCCCC[C@H]2NC(=O)[C@@H]3CCCN3C(=O)[C@@H](Cc3ccccc3)NC(=O)C(C)(C)NC2=O)NC(=O)[C@H]2CCCN2C(=O)[C@H](Cc2ccccc2)NC1=O. The molecule has 16 nitrogen and oxygen atoms in total. The number of benzene rings is 2. The molecule has 6 atom stereocenters. The number of amides is 8. The third-order valence-corrected chi connectivity index (χ3v) is 15.8. The number of carbonyl (C=O) groups is 8. The first-order chi connectivity index (χ1) is 32.5. The maximum absolute atomic E-state index is 13.9. The summed E-state index contributed by atoms with van der Waals surface area (Å²) in [6.45, 7) is 7.19. The molecule has 4 fully saturated rings. The van der Waals surface area contributed by atoms with E-state index in [4.69, 9.17) is 0 Å². The predicted octanol–water partition coefficient (Wildman–Crippen LogP) is 3.71. The maximum atomic E-state index is 13.9. The standard InChI is InChI=1S/C50H70N8O8S2/c1-49(2)47(65)53-37(31-33-19-9-5-10-20-33)45(63)57-27-17-25-39(57)43(61)51-35(41(59)55-49)23-13-7-15-29-67-68-30-16-8-14-24-36-42(60)56-50(3,4)48(66)54-38(32-34-21-11-6-12-22-34)46(64)58-28-18-26-40(58)44(62)52-36/h5-6,9-12,19-22,35-40H,7-8,13-18,23-32H2,1-4H3,(H,51,61)(H,52,62)(H,53,65)(H,54,66)(H,55,59)(H,56,60)/t35-,36+,37-,38+,39+,40-. The van der Waals surface area contributed by atoms with Crippen LogP contribution in [0.15, 0.2) is 60.7 Å². The highest BCUT2D eigenvalue weighted by atomic mass is 33.1. The Labute approximate surface area is 408 Å². The summed E-state index contributed by atoms with van der Waals surface area (Å²) in [6.07, 6.45) is 8.40. The topological polar surface area (TPSA) is 215 Å². The summed E-state index contributed by atoms with van der Waals surface area (Å²) in [5.41, 5.74) is -0.934. The highest BCUT2D eigenvalue weighted by Crippen LogP contribution is 2.26. The van der Waals surface area contributed by atoms with E-state index in [0.29, 0.717) is 64.5 Å². The molecule has 6 N–H and O–H groups in total. The van der Waals surface area contributed by atoms with Crippen molar-refractivity contribution in [3.63, 3.8) is 0 Å². The first-order valence-electron chi connectivity index (χ1n) is 24.3. The Bertz CT molecular complexity index is 1960. The Hall–Kier alpha value is -5.10. The van der Waals surface area contributed by atoms with Crippen LogP contribution >= 0.6 is 21.6 Å². The summed E-state index contributed by atoms with van der Waals surface area (Å²) in [4.78, 5) is 113. The van der Waals surface area contributed by atoms with Crippen LogP contribution < -0.4 is 31.9 Å². The van der Waals surface area contributed by atoms with Gasteiger partial charge >= 0.3 is 0 Å². The molecule has 4 aliphatic heterocycles. The van der Waals surface area contributed by atoms with E-state index in [1.165, 1.54) is 0 Å². The van der Waals surface area contributed by atoms with Gasteiger partial charge in [-0.15, -0.1) is 0 Å². The largest absolute Gasteiger partial charge is 0.343 e. The average molecular weight is 975 g/mol. The zero-order chi connectivity index (χ0) is 48.8. The minimum absolute atomic E-state index is 0.259. The van der Waals surface area contributed by atoms with E-state index in [0.717, 1.165) is 48.3 Å². The van der Waals surface area contributed by atoms with Gasteiger partial charge in [0.15, 0.2) is 0 Å². The van der Waals surface area contributed by atoms with Crippen LogP contribution in [0.5, 0.6) is 0 Å². The lowest BCUT2D eigenvalue weighted by molar-refractivity contribution is -0.144. The molecule has 8 amide bonds. The summed E-state index contributed by atoms with van der Waals surface area (Å²) in [5, 5.41) is 17.3. The zero-order valence-electron chi connectivity index (χ0n) is 39.9. The molecular weight excluding hydrogens is 905 g/mol. The molecule has 2 aromatic rings. The van der Waals surface area contributed by atoms with Crippen molar-refractivity contribution in [3.8, 4) is 0 Å². The van der Waals surface area contributed by atoms with E-state index in [2.05, 4.69) is 31.9 Å². The van der Waals surface area contributed by atoms with Crippen LogP contribution in [0.1, 0.15) is 116 Å². The van der Waals surface area contributed by atoms with Crippen molar-refractivity contribution in [2.75, 3.05) is 24.6 Å². The Morgan fingerprint density at radius 2 is 0.868 bits per heavy atom. The lowest BCUT2D eigenvalue weighted by Gasteiger charge is -2.34. The van der Waals surface area contributed by atoms with Gasteiger partial charge in [-0.05, 0) is 90.2 Å². The molecule has 0 aliphatic carbocycles. The lowest BCUT2D eigenvalue weighted by atomic mass is 9.98. The van der Waals surface area contributed by atoms with E-state index in [-0.39, 0.29) is 36.5 Å². The Morgan fingerprint density at radius 1 is 0.485 bits per heavy atom. The quantitative estimate of drug-likeness (QED) is 0.0999. The molecule has 4 heterocycles. The lowest BCUT2D eigenvalue weighted by Crippen LogP contribution is -2.64. The van der Waals surface area contributed by atoms with Crippen LogP contribution in [-0.2, 0) is 51.2 Å². The summed E-state index contributed by atoms with van der Waals surface area (Å²) in [6, 6.07) is 13.9. The van der Waals surface area contributed by atoms with Gasteiger partial charge in [-0.1, -0.05) is 108 Å². The second-order valence-corrected chi connectivity index (χ2v) is 22.2. The molecule has 18 heteroatoms. The second-order valence-electron chi connectivity index (χ2n) is 19.5. The number of fused-ring (bicyclic) bond motifs is 2. The summed E-state index contributed by atoms with van der Waals surface area (Å²) in [7, 11) is 3.54. The first-order valence-corrected chi connectivity index (χ1v) is 26.8. The molecule has 370 valence electrons. The number of hydrogen-bond donors (Lipinski definition) is 6. The molecule has 6 rings (SSSR count). The highest BCUT2D eigenvalue weighted by molar-refractivity contribution is 8.76. The Kier molecular flexibility index (Phi) is 18.8. The fourth-order valence-electron chi connectivity index (χ4n) is 9.25. The van der Waals surface area contributed by atoms with Gasteiger partial charge in [-0.2, -0.15) is 0 Å². The summed E-state index contributed by atoms with van der Waals surface area (Å²) < 4.78 is 0. The second kappa shape index (κ2) is 24.4. The van der Waals surface area contributed by atoms with E-state index < -0.39 is 71.0 Å². The molecule has 0 aromatic heterocycles. The number of rotatable bonds is 17. The molecule has 0 saturated carbocycles. The van der Waals surface area contributed by atoms with Crippen molar-refractivity contribution in [1.82, 2.24) is 41.7 Å². The molecular formula is C50H70N8O8S2. The number of hydrogen-bond acceptors (Lipinski definition) is 10. The van der Waals surface area contributed by atoms with Gasteiger partial charge in [0.2, 0.25) is 47.3 Å². The van der Waals surface area contributed by atoms with Crippen LogP contribution in [0.2, 0.25) is 0 Å². The van der Waals surface area contributed by atoms with Gasteiger partial charge in [-0.25, -0.2) is 0 Å². The molecule has 4 saturated heterocycles. The molecule has 68 heavy (non-hydrogen) atoms. The third-order valence-electron chi connectivity index (χ3n) is 13.2. The van der Waals surface area contributed by atoms with Crippen molar-refractivity contribution < 1.29 is 38.4 Å². The van der Waals surface area contributed by atoms with E-state index in [1.54, 1.807) is 59.1 Å². The van der Waals surface area contributed by atoms with Crippen molar-refractivity contribution in [2.24, 2.45) is 0 Å². The third kappa shape index (κ3) is 14.2. The van der Waals surface area contributed by atoms with Gasteiger partial charge in [0.1, 0.15) is 47.3 Å². The maximum Gasteiger partial charge on any atom is 0.246 e. The molecule has 0 unspecified atom stereocenters. The van der Waals surface area contributed by atoms with Crippen LogP contribution in [0.3, 0.4) is 0 Å². The molecule has 0 radical (unpaired) electrons. The smallest absolute Gasteiger partial charge is 0.246 e. The molecule has 4 aliphatic rings. The van der Waals surface area contributed by atoms with Crippen molar-refractivity contribution in [1.29, 1.82) is 0 Å². The minimum Gasteiger partial charge on any atom is -0.343 e. The van der Waals surface area contributed by atoms with Crippen molar-refractivity contribution >= 4 is 68.8 Å². The molecule has 2 aromatic carbocycles. The summed E-state index contributed by atoms with van der Waals surface area (Å²) in [5.74, 6) is -1.35. The van der Waals surface area contributed by atoms with Gasteiger partial charge in [0.25, 0.3) is 0 Å². The van der Waals surface area contributed by atoms with Crippen LogP contribution in [0, 0.1) is 0 Å². The highest BCUT2D eigenvalue weighted by Gasteiger charge is 2.44. The van der Waals surface area contributed by atoms with Gasteiger partial charge in [0, 0.05) is 37.4 Å². The number of nitrogens with zero attached hydrogens (tertiary/aromatic N) is 2. The number of unbranched alkanes of at least 4 members (excludes halogenated alkanes) is 4. The fraction of sp³-hybridized carbons (Fsp3) is 0.600. The Morgan fingerprint density at radius 3 is 1.25 bits per heavy atom. The summed E-state index contributed by atoms with van der Waals surface area (Å²) >= 11 is 0. The van der Waals surface area contributed by atoms with E-state index >= 15 is 0 Å². The van der Waals surface area contributed by atoms with Gasteiger partial charge in [0.05, 0.1) is 0 Å².